The van der Waals surface area contributed by atoms with Gasteiger partial charge in [0.2, 0.25) is 0 Å². The SMILES string of the molecule is Cn1ncn1-c1ccc(Cl)cc1-c1cc2n(c(=O)c1Cl)[C@H](C(=O)O)CC2. The fourth-order valence-corrected chi connectivity index (χ4v) is 3.80. The van der Waals surface area contributed by atoms with E-state index in [0.717, 1.165) is 5.69 Å². The number of rotatable bonds is 3. The average molecular weight is 393 g/mol. The second kappa shape index (κ2) is 6.03. The van der Waals surface area contributed by atoms with E-state index in [4.69, 9.17) is 23.2 Å². The quantitative estimate of drug-likeness (QED) is 0.742. The van der Waals surface area contributed by atoms with Gasteiger partial charge in [-0.25, -0.2) is 14.3 Å². The van der Waals surface area contributed by atoms with Crippen LogP contribution < -0.4 is 5.56 Å². The molecular weight excluding hydrogens is 379 g/mol. The lowest BCUT2D eigenvalue weighted by molar-refractivity contribution is -0.140. The third-order valence-electron chi connectivity index (χ3n) is 4.67. The van der Waals surface area contributed by atoms with Crippen molar-refractivity contribution in [3.05, 3.63) is 56.7 Å². The molecule has 0 unspecified atom stereocenters. The number of fused-ring (bicyclic) bond motifs is 1. The molecule has 3 heterocycles. The number of halogens is 2. The van der Waals surface area contributed by atoms with Crippen molar-refractivity contribution in [3.8, 4) is 16.8 Å². The van der Waals surface area contributed by atoms with Crippen LogP contribution in [0.2, 0.25) is 10.0 Å². The summed E-state index contributed by atoms with van der Waals surface area (Å²) in [5, 5.41) is 13.9. The number of aromatic nitrogens is 4. The molecule has 0 amide bonds. The van der Waals surface area contributed by atoms with E-state index in [-0.39, 0.29) is 5.02 Å². The Hall–Kier alpha value is -2.51. The van der Waals surface area contributed by atoms with E-state index in [2.05, 4.69) is 5.10 Å². The summed E-state index contributed by atoms with van der Waals surface area (Å²) in [6, 6.07) is 6.20. The summed E-state index contributed by atoms with van der Waals surface area (Å²) in [6.45, 7) is 0. The minimum atomic E-state index is -1.03. The number of carboxylic acids is 1. The molecule has 0 aliphatic carbocycles. The van der Waals surface area contributed by atoms with Crippen molar-refractivity contribution in [2.24, 2.45) is 7.05 Å². The van der Waals surface area contributed by atoms with Crippen LogP contribution in [0.1, 0.15) is 18.2 Å². The largest absolute Gasteiger partial charge is 0.480 e. The molecule has 0 radical (unpaired) electrons. The average Bonchev–Trinajstić information content (AvgIpc) is 3.02. The first kappa shape index (κ1) is 16.9. The fourth-order valence-electron chi connectivity index (χ4n) is 3.38. The van der Waals surface area contributed by atoms with Crippen molar-refractivity contribution in [1.82, 2.24) is 19.1 Å². The van der Waals surface area contributed by atoms with E-state index in [9.17, 15) is 14.7 Å². The van der Waals surface area contributed by atoms with Crippen molar-refractivity contribution in [2.75, 3.05) is 0 Å². The first-order valence-corrected chi connectivity index (χ1v) is 8.67. The molecule has 1 aliphatic rings. The summed E-state index contributed by atoms with van der Waals surface area (Å²) in [6.07, 6.45) is 2.51. The highest BCUT2D eigenvalue weighted by Gasteiger charge is 2.31. The van der Waals surface area contributed by atoms with Gasteiger partial charge >= 0.3 is 5.97 Å². The molecule has 0 bridgehead atoms. The van der Waals surface area contributed by atoms with Crippen LogP contribution in [0.15, 0.2) is 35.4 Å². The van der Waals surface area contributed by atoms with Crippen LogP contribution in [0.5, 0.6) is 0 Å². The van der Waals surface area contributed by atoms with E-state index in [1.54, 1.807) is 41.1 Å². The molecule has 0 saturated heterocycles. The maximum Gasteiger partial charge on any atom is 0.326 e. The maximum absolute atomic E-state index is 12.8. The molecule has 7 nitrogen and oxygen atoms in total. The van der Waals surface area contributed by atoms with Gasteiger partial charge in [0.1, 0.15) is 17.4 Å². The summed E-state index contributed by atoms with van der Waals surface area (Å²) in [7, 11) is 1.79. The zero-order valence-corrected chi connectivity index (χ0v) is 15.2. The number of carboxylic acid groups (broad SMARTS) is 1. The van der Waals surface area contributed by atoms with Crippen LogP contribution in [0.25, 0.3) is 16.8 Å². The molecule has 4 rings (SSSR count). The number of nitrogens with zero attached hydrogens (tertiary/aromatic N) is 4. The van der Waals surface area contributed by atoms with Gasteiger partial charge in [0.05, 0.1) is 5.69 Å². The molecule has 1 N–H and O–H groups in total. The van der Waals surface area contributed by atoms with Crippen LogP contribution in [0.4, 0.5) is 0 Å². The Kier molecular flexibility index (Phi) is 3.93. The van der Waals surface area contributed by atoms with Gasteiger partial charge in [-0.3, -0.25) is 9.36 Å². The Bertz CT molecular complexity index is 1100. The zero-order chi connectivity index (χ0) is 18.6. The van der Waals surface area contributed by atoms with E-state index >= 15 is 0 Å². The maximum atomic E-state index is 12.8. The molecule has 0 fully saturated rings. The molecule has 1 aromatic carbocycles. The first-order chi connectivity index (χ1) is 12.4. The van der Waals surface area contributed by atoms with Gasteiger partial charge in [0.15, 0.2) is 0 Å². The van der Waals surface area contributed by atoms with Crippen molar-refractivity contribution in [1.29, 1.82) is 0 Å². The summed E-state index contributed by atoms with van der Waals surface area (Å²) in [4.78, 5) is 25.8. The number of aliphatic carboxylic acids is 1. The van der Waals surface area contributed by atoms with E-state index < -0.39 is 17.6 Å². The van der Waals surface area contributed by atoms with Crippen molar-refractivity contribution in [3.63, 3.8) is 0 Å². The first-order valence-electron chi connectivity index (χ1n) is 7.92. The van der Waals surface area contributed by atoms with E-state index in [1.165, 1.54) is 4.57 Å². The lowest BCUT2D eigenvalue weighted by Crippen LogP contribution is -2.28. The highest BCUT2D eigenvalue weighted by molar-refractivity contribution is 6.34. The Morgan fingerprint density at radius 1 is 1.27 bits per heavy atom. The molecule has 0 spiro atoms. The third kappa shape index (κ3) is 2.47. The normalized spacial score (nSPS) is 16.0. The highest BCUT2D eigenvalue weighted by Crippen LogP contribution is 2.36. The van der Waals surface area contributed by atoms with Gasteiger partial charge in [-0.1, -0.05) is 23.2 Å². The minimum absolute atomic E-state index is 0.0227. The second-order valence-electron chi connectivity index (χ2n) is 6.16. The summed E-state index contributed by atoms with van der Waals surface area (Å²) in [5.74, 6) is -1.03. The number of aryl methyl sites for hydroxylation is 2. The molecule has 9 heteroatoms. The Morgan fingerprint density at radius 3 is 2.65 bits per heavy atom. The predicted octanol–water partition coefficient (Wildman–Crippen LogP) is 2.92. The number of hydrogen-bond acceptors (Lipinski definition) is 3. The molecule has 0 saturated carbocycles. The van der Waals surface area contributed by atoms with Gasteiger partial charge in [-0.15, -0.1) is 5.10 Å². The van der Waals surface area contributed by atoms with Gasteiger partial charge in [0, 0.05) is 28.9 Å². The van der Waals surface area contributed by atoms with E-state index in [1.807, 2.05) is 6.07 Å². The number of benzene rings is 1. The van der Waals surface area contributed by atoms with Crippen LogP contribution in [0.3, 0.4) is 0 Å². The highest BCUT2D eigenvalue weighted by atomic mass is 35.5. The molecule has 26 heavy (non-hydrogen) atoms. The van der Waals surface area contributed by atoms with E-state index in [0.29, 0.717) is 34.7 Å². The topological polar surface area (TPSA) is 82.0 Å². The van der Waals surface area contributed by atoms with Crippen LogP contribution >= 0.6 is 23.2 Å². The Balaban J connectivity index is 1.96. The lowest BCUT2D eigenvalue weighted by Gasteiger charge is -2.20. The molecule has 2 aromatic heterocycles. The number of carbonyl (C=O) groups is 1. The van der Waals surface area contributed by atoms with Gasteiger partial charge < -0.3 is 5.11 Å². The predicted molar refractivity (Wildman–Crippen MR) is 97.2 cm³/mol. The Labute approximate surface area is 158 Å². The van der Waals surface area contributed by atoms with Crippen molar-refractivity contribution >= 4 is 29.2 Å². The number of pyridine rings is 1. The Morgan fingerprint density at radius 2 is 2.04 bits per heavy atom. The number of hydrogen-bond donors (Lipinski definition) is 1. The van der Waals surface area contributed by atoms with Crippen LogP contribution in [-0.4, -0.2) is 30.2 Å². The third-order valence-corrected chi connectivity index (χ3v) is 5.27. The van der Waals surface area contributed by atoms with Crippen molar-refractivity contribution in [2.45, 2.75) is 18.9 Å². The van der Waals surface area contributed by atoms with Crippen LogP contribution in [0, 0.1) is 0 Å². The van der Waals surface area contributed by atoms with Gasteiger partial charge in [-0.05, 0) is 37.1 Å². The fraction of sp³-hybridized carbons (Fsp3) is 0.235. The lowest BCUT2D eigenvalue weighted by atomic mass is 10.0. The smallest absolute Gasteiger partial charge is 0.326 e. The monoisotopic (exact) mass is 392 g/mol. The molecule has 3 aromatic rings. The summed E-state index contributed by atoms with van der Waals surface area (Å²) >= 11 is 12.5. The minimum Gasteiger partial charge on any atom is -0.480 e. The molecular formula is C17H14Cl2N4O3. The summed E-state index contributed by atoms with van der Waals surface area (Å²) in [5.41, 5.74) is 2.13. The zero-order valence-electron chi connectivity index (χ0n) is 13.7. The van der Waals surface area contributed by atoms with Gasteiger partial charge in [-0.2, -0.15) is 0 Å². The van der Waals surface area contributed by atoms with Crippen molar-refractivity contribution < 1.29 is 9.90 Å². The van der Waals surface area contributed by atoms with Crippen LogP contribution in [-0.2, 0) is 18.3 Å². The molecule has 134 valence electrons. The standard InChI is InChI=1S/C17H14Cl2N4O3/c1-21-20-8-22(21)13-4-2-9(18)6-11(13)12-7-10-3-5-14(17(25)26)23(10)16(24)15(12)19/h2,4,6-8,14H,3,5H2,1H3,(H,25,26)/t14-/m0/s1. The molecule has 1 aliphatic heterocycles. The second-order valence-corrected chi connectivity index (χ2v) is 6.97. The molecule has 1 atom stereocenters. The summed E-state index contributed by atoms with van der Waals surface area (Å²) < 4.78 is 3.07. The van der Waals surface area contributed by atoms with Gasteiger partial charge in [0.25, 0.3) is 5.56 Å².